The molecule has 0 fully saturated rings. The van der Waals surface area contributed by atoms with E-state index in [1.807, 2.05) is 0 Å². The van der Waals surface area contributed by atoms with Crippen molar-refractivity contribution in [3.05, 3.63) is 52.7 Å². The molecule has 3 aromatic rings. The van der Waals surface area contributed by atoms with E-state index >= 15 is 0 Å². The van der Waals surface area contributed by atoms with Crippen LogP contribution in [0, 0.1) is 5.82 Å². The van der Waals surface area contributed by atoms with E-state index in [-0.39, 0.29) is 5.82 Å². The minimum atomic E-state index is -0.338. The van der Waals surface area contributed by atoms with E-state index < -0.39 is 0 Å². The van der Waals surface area contributed by atoms with Gasteiger partial charge < -0.3 is 10.1 Å². The van der Waals surface area contributed by atoms with Gasteiger partial charge in [-0.25, -0.2) is 4.39 Å². The SMILES string of the molecule is COc1ccc(-c2[nH]ncc2CNCc2n[nH]c3c2CCC3)c(F)c1. The van der Waals surface area contributed by atoms with Gasteiger partial charge in [-0.05, 0) is 37.0 Å². The minimum Gasteiger partial charge on any atom is -0.497 e. The second-order valence-electron chi connectivity index (χ2n) is 6.20. The third kappa shape index (κ3) is 3.02. The van der Waals surface area contributed by atoms with Gasteiger partial charge in [0.1, 0.15) is 11.6 Å². The second kappa shape index (κ2) is 6.68. The first-order valence-electron chi connectivity index (χ1n) is 8.38. The number of benzene rings is 1. The zero-order valence-corrected chi connectivity index (χ0v) is 14.0. The number of fused-ring (bicyclic) bond motifs is 1. The Balaban J connectivity index is 1.46. The van der Waals surface area contributed by atoms with Crippen LogP contribution in [0.15, 0.2) is 24.4 Å². The summed E-state index contributed by atoms with van der Waals surface area (Å²) >= 11 is 0. The number of aromatic amines is 2. The Morgan fingerprint density at radius 2 is 2.16 bits per heavy atom. The first kappa shape index (κ1) is 15.8. The third-order valence-corrected chi connectivity index (χ3v) is 4.66. The summed E-state index contributed by atoms with van der Waals surface area (Å²) < 4.78 is 19.4. The molecular weight excluding hydrogens is 321 g/mol. The number of aromatic nitrogens is 4. The smallest absolute Gasteiger partial charge is 0.136 e. The highest BCUT2D eigenvalue weighted by atomic mass is 19.1. The fraction of sp³-hybridized carbons (Fsp3) is 0.333. The van der Waals surface area contributed by atoms with Crippen LogP contribution in [0.25, 0.3) is 11.3 Å². The van der Waals surface area contributed by atoms with Gasteiger partial charge in [-0.2, -0.15) is 10.2 Å². The summed E-state index contributed by atoms with van der Waals surface area (Å²) in [5, 5.41) is 17.8. The summed E-state index contributed by atoms with van der Waals surface area (Å²) in [4.78, 5) is 0. The topological polar surface area (TPSA) is 78.6 Å². The van der Waals surface area contributed by atoms with E-state index in [4.69, 9.17) is 4.74 Å². The lowest BCUT2D eigenvalue weighted by atomic mass is 10.1. The molecule has 2 heterocycles. The molecule has 0 atom stereocenters. The van der Waals surface area contributed by atoms with E-state index in [2.05, 4.69) is 25.7 Å². The molecular formula is C18H20FN5O. The lowest BCUT2D eigenvalue weighted by Gasteiger charge is -2.08. The van der Waals surface area contributed by atoms with Crippen LogP contribution in [0.3, 0.4) is 0 Å². The van der Waals surface area contributed by atoms with E-state index in [1.54, 1.807) is 18.3 Å². The van der Waals surface area contributed by atoms with Crippen molar-refractivity contribution in [1.82, 2.24) is 25.7 Å². The fourth-order valence-electron chi connectivity index (χ4n) is 3.35. The predicted molar refractivity (Wildman–Crippen MR) is 91.7 cm³/mol. The number of nitrogens with one attached hydrogen (secondary N) is 3. The number of halogens is 1. The van der Waals surface area contributed by atoms with Crippen molar-refractivity contribution < 1.29 is 9.13 Å². The number of aryl methyl sites for hydroxylation is 1. The molecule has 3 N–H and O–H groups in total. The first-order valence-corrected chi connectivity index (χ1v) is 8.38. The summed E-state index contributed by atoms with van der Waals surface area (Å²) in [6, 6.07) is 4.82. The van der Waals surface area contributed by atoms with Crippen LogP contribution in [0.2, 0.25) is 0 Å². The van der Waals surface area contributed by atoms with Gasteiger partial charge in [-0.3, -0.25) is 10.2 Å². The average molecular weight is 341 g/mol. The van der Waals surface area contributed by atoms with E-state index in [0.717, 1.165) is 24.1 Å². The highest BCUT2D eigenvalue weighted by Crippen LogP contribution is 2.27. The minimum absolute atomic E-state index is 0.338. The molecule has 0 saturated heterocycles. The molecule has 0 aliphatic heterocycles. The Morgan fingerprint density at radius 1 is 1.24 bits per heavy atom. The Labute approximate surface area is 144 Å². The molecule has 4 rings (SSSR count). The van der Waals surface area contributed by atoms with Crippen molar-refractivity contribution in [2.75, 3.05) is 7.11 Å². The number of rotatable bonds is 6. The highest BCUT2D eigenvalue weighted by Gasteiger charge is 2.18. The maximum absolute atomic E-state index is 14.3. The molecule has 0 unspecified atom stereocenters. The van der Waals surface area contributed by atoms with Crippen molar-refractivity contribution in [1.29, 1.82) is 0 Å². The van der Waals surface area contributed by atoms with Gasteiger partial charge in [-0.1, -0.05) is 0 Å². The molecule has 25 heavy (non-hydrogen) atoms. The molecule has 130 valence electrons. The number of hydrogen-bond donors (Lipinski definition) is 3. The van der Waals surface area contributed by atoms with Gasteiger partial charge >= 0.3 is 0 Å². The van der Waals surface area contributed by atoms with Crippen LogP contribution < -0.4 is 10.1 Å². The van der Waals surface area contributed by atoms with Crippen molar-refractivity contribution >= 4 is 0 Å². The molecule has 1 aromatic carbocycles. The Bertz CT molecular complexity index is 885. The number of hydrogen-bond acceptors (Lipinski definition) is 4. The van der Waals surface area contributed by atoms with Crippen molar-refractivity contribution in [2.24, 2.45) is 0 Å². The van der Waals surface area contributed by atoms with Crippen molar-refractivity contribution in [3.8, 4) is 17.0 Å². The summed E-state index contributed by atoms with van der Waals surface area (Å²) in [6.45, 7) is 1.26. The predicted octanol–water partition coefficient (Wildman–Crippen LogP) is 2.73. The Kier molecular flexibility index (Phi) is 4.23. The molecule has 0 saturated carbocycles. The normalized spacial score (nSPS) is 13.2. The second-order valence-corrected chi connectivity index (χ2v) is 6.20. The van der Waals surface area contributed by atoms with Crippen LogP contribution in [0.1, 0.15) is 28.9 Å². The number of H-pyrrole nitrogens is 2. The van der Waals surface area contributed by atoms with E-state index in [1.165, 1.54) is 30.9 Å². The Morgan fingerprint density at radius 3 is 3.00 bits per heavy atom. The number of nitrogens with zero attached hydrogens (tertiary/aromatic N) is 2. The van der Waals surface area contributed by atoms with Crippen LogP contribution in [-0.4, -0.2) is 27.5 Å². The van der Waals surface area contributed by atoms with Crippen molar-refractivity contribution in [2.45, 2.75) is 32.4 Å². The van der Waals surface area contributed by atoms with Gasteiger partial charge in [0.15, 0.2) is 0 Å². The molecule has 0 amide bonds. The van der Waals surface area contributed by atoms with Crippen LogP contribution in [0.4, 0.5) is 4.39 Å². The molecule has 1 aliphatic rings. The molecule has 0 bridgehead atoms. The van der Waals surface area contributed by atoms with Crippen LogP contribution in [-0.2, 0) is 25.9 Å². The summed E-state index contributed by atoms with van der Waals surface area (Å²) in [7, 11) is 1.52. The molecule has 0 spiro atoms. The largest absolute Gasteiger partial charge is 0.497 e. The van der Waals surface area contributed by atoms with Gasteiger partial charge in [-0.15, -0.1) is 0 Å². The molecule has 0 radical (unpaired) electrons. The average Bonchev–Trinajstić information content (AvgIpc) is 3.33. The lowest BCUT2D eigenvalue weighted by Crippen LogP contribution is -2.14. The summed E-state index contributed by atoms with van der Waals surface area (Å²) in [5.74, 6) is 0.155. The van der Waals surface area contributed by atoms with Crippen molar-refractivity contribution in [3.63, 3.8) is 0 Å². The number of methoxy groups -OCH3 is 1. The molecule has 7 heteroatoms. The molecule has 1 aliphatic carbocycles. The van der Waals surface area contributed by atoms with Crippen LogP contribution >= 0.6 is 0 Å². The van der Waals surface area contributed by atoms with Crippen LogP contribution in [0.5, 0.6) is 5.75 Å². The highest BCUT2D eigenvalue weighted by molar-refractivity contribution is 5.64. The zero-order valence-electron chi connectivity index (χ0n) is 14.0. The van der Waals surface area contributed by atoms with Gasteiger partial charge in [0.25, 0.3) is 0 Å². The summed E-state index contributed by atoms with van der Waals surface area (Å²) in [6.07, 6.45) is 5.10. The van der Waals surface area contributed by atoms with Gasteiger partial charge in [0.05, 0.1) is 24.7 Å². The van der Waals surface area contributed by atoms with E-state index in [0.29, 0.717) is 30.1 Å². The third-order valence-electron chi connectivity index (χ3n) is 4.66. The standard InChI is InChI=1S/C18H20FN5O/c1-25-12-5-6-13(15(19)7-12)18-11(9-21-24-18)8-20-10-17-14-3-2-4-16(14)22-23-17/h5-7,9,20H,2-4,8,10H2,1H3,(H,21,24)(H,22,23). The maximum Gasteiger partial charge on any atom is 0.136 e. The monoisotopic (exact) mass is 341 g/mol. The first-order chi connectivity index (χ1) is 12.3. The van der Waals surface area contributed by atoms with Gasteiger partial charge in [0, 0.05) is 36.0 Å². The quantitative estimate of drug-likeness (QED) is 0.644. The van der Waals surface area contributed by atoms with E-state index in [9.17, 15) is 4.39 Å². The summed E-state index contributed by atoms with van der Waals surface area (Å²) in [5.41, 5.74) is 5.77. The maximum atomic E-state index is 14.3. The zero-order chi connectivity index (χ0) is 17.2. The number of ether oxygens (including phenoxy) is 1. The molecule has 2 aromatic heterocycles. The van der Waals surface area contributed by atoms with Gasteiger partial charge in [0.2, 0.25) is 0 Å². The molecule has 6 nitrogen and oxygen atoms in total. The Hall–Kier alpha value is -2.67. The fourth-order valence-corrected chi connectivity index (χ4v) is 3.35. The lowest BCUT2D eigenvalue weighted by molar-refractivity contribution is 0.411.